The number of carbonyl (C=O) groups is 1. The van der Waals surface area contributed by atoms with Crippen LogP contribution >= 0.6 is 0 Å². The topological polar surface area (TPSA) is 63.7 Å². The van der Waals surface area contributed by atoms with Crippen molar-refractivity contribution in [1.29, 1.82) is 0 Å². The molecule has 2 atom stereocenters. The Hall–Kier alpha value is -0.620. The van der Waals surface area contributed by atoms with Gasteiger partial charge in [-0.05, 0) is 6.92 Å². The molecule has 94 valence electrons. The molecule has 0 amide bonds. The summed E-state index contributed by atoms with van der Waals surface area (Å²) in [5.41, 5.74) is 0. The van der Waals surface area contributed by atoms with E-state index in [0.717, 1.165) is 0 Å². The van der Waals surface area contributed by atoms with Gasteiger partial charge in [0.15, 0.2) is 9.84 Å². The molecule has 16 heavy (non-hydrogen) atoms. The second-order valence-electron chi connectivity index (χ2n) is 4.24. The van der Waals surface area contributed by atoms with Gasteiger partial charge in [0.25, 0.3) is 0 Å². The van der Waals surface area contributed by atoms with Crippen LogP contribution in [0.3, 0.4) is 0 Å². The van der Waals surface area contributed by atoms with Gasteiger partial charge in [0.2, 0.25) is 0 Å². The van der Waals surface area contributed by atoms with Gasteiger partial charge in [0.05, 0.1) is 24.5 Å². The molecule has 1 fully saturated rings. The van der Waals surface area contributed by atoms with Gasteiger partial charge in [0, 0.05) is 19.1 Å². The molecule has 0 N–H and O–H groups in total. The van der Waals surface area contributed by atoms with E-state index in [2.05, 4.69) is 4.74 Å². The Bertz CT molecular complexity index is 338. The minimum atomic E-state index is -2.86. The van der Waals surface area contributed by atoms with Crippen molar-refractivity contribution in [3.05, 3.63) is 0 Å². The second-order valence-corrected chi connectivity index (χ2v) is 6.54. The molecule has 0 aromatic heterocycles. The number of nitrogens with zero attached hydrogens (tertiary/aromatic N) is 1. The quantitative estimate of drug-likeness (QED) is 0.654. The first-order chi connectivity index (χ1) is 7.37. The van der Waals surface area contributed by atoms with Crippen LogP contribution in [0, 0.1) is 5.92 Å². The highest BCUT2D eigenvalue weighted by Gasteiger charge is 2.30. The summed E-state index contributed by atoms with van der Waals surface area (Å²) in [4.78, 5) is 13.4. The monoisotopic (exact) mass is 249 g/mol. The molecule has 2 unspecified atom stereocenters. The van der Waals surface area contributed by atoms with E-state index in [-0.39, 0.29) is 29.4 Å². The molecule has 1 heterocycles. The highest BCUT2D eigenvalue weighted by molar-refractivity contribution is 7.91. The number of hydrogen-bond acceptors (Lipinski definition) is 5. The van der Waals surface area contributed by atoms with E-state index in [4.69, 9.17) is 0 Å². The molecule has 1 rings (SSSR count). The van der Waals surface area contributed by atoms with Crippen LogP contribution in [-0.2, 0) is 19.4 Å². The van der Waals surface area contributed by atoms with Crippen LogP contribution in [0.4, 0.5) is 0 Å². The molecule has 0 saturated carbocycles. The fraction of sp³-hybridized carbons (Fsp3) is 0.900. The highest BCUT2D eigenvalue weighted by atomic mass is 32.2. The average molecular weight is 249 g/mol. The molecule has 0 bridgehead atoms. The number of methoxy groups -OCH3 is 1. The first-order valence-electron chi connectivity index (χ1n) is 5.39. The standard InChI is InChI=1S/C10H19NO4S/c1-8(10(12)15-3)9(2)11-4-6-16(13,14)7-5-11/h8-9H,4-7H2,1-3H3. The third kappa shape index (κ3) is 3.18. The number of esters is 1. The zero-order valence-corrected chi connectivity index (χ0v) is 10.8. The Morgan fingerprint density at radius 3 is 2.19 bits per heavy atom. The Morgan fingerprint density at radius 1 is 1.25 bits per heavy atom. The molecule has 0 aromatic carbocycles. The molecular formula is C10H19NO4S. The van der Waals surface area contributed by atoms with Gasteiger partial charge in [-0.2, -0.15) is 0 Å². The van der Waals surface area contributed by atoms with Crippen molar-refractivity contribution >= 4 is 15.8 Å². The molecule has 1 saturated heterocycles. The van der Waals surface area contributed by atoms with E-state index < -0.39 is 9.84 Å². The average Bonchev–Trinajstić information content (AvgIpc) is 2.26. The largest absolute Gasteiger partial charge is 0.469 e. The molecule has 1 aliphatic heterocycles. The fourth-order valence-electron chi connectivity index (χ4n) is 1.83. The van der Waals surface area contributed by atoms with Crippen molar-refractivity contribution in [3.8, 4) is 0 Å². The molecule has 1 aliphatic rings. The van der Waals surface area contributed by atoms with E-state index in [1.54, 1.807) is 6.92 Å². The van der Waals surface area contributed by atoms with Crippen LogP contribution in [0.1, 0.15) is 13.8 Å². The maximum absolute atomic E-state index is 11.4. The number of ether oxygens (including phenoxy) is 1. The molecular weight excluding hydrogens is 230 g/mol. The minimum absolute atomic E-state index is 0.0166. The van der Waals surface area contributed by atoms with Gasteiger partial charge in [0.1, 0.15) is 0 Å². The molecule has 0 aliphatic carbocycles. The lowest BCUT2D eigenvalue weighted by molar-refractivity contribution is -0.146. The second kappa shape index (κ2) is 5.14. The third-order valence-corrected chi connectivity index (χ3v) is 4.86. The maximum atomic E-state index is 11.4. The van der Waals surface area contributed by atoms with Crippen molar-refractivity contribution in [2.24, 2.45) is 5.92 Å². The summed E-state index contributed by atoms with van der Waals surface area (Å²) in [6.07, 6.45) is 0. The summed E-state index contributed by atoms with van der Waals surface area (Å²) in [7, 11) is -1.49. The summed E-state index contributed by atoms with van der Waals surface area (Å²) >= 11 is 0. The van der Waals surface area contributed by atoms with Gasteiger partial charge in [-0.15, -0.1) is 0 Å². The van der Waals surface area contributed by atoms with Gasteiger partial charge in [-0.1, -0.05) is 6.92 Å². The lowest BCUT2D eigenvalue weighted by atomic mass is 10.0. The van der Waals surface area contributed by atoms with Crippen molar-refractivity contribution in [1.82, 2.24) is 4.90 Å². The zero-order chi connectivity index (χ0) is 12.3. The van der Waals surface area contributed by atoms with Crippen LogP contribution in [0.15, 0.2) is 0 Å². The number of rotatable bonds is 3. The first kappa shape index (κ1) is 13.4. The molecule has 0 radical (unpaired) electrons. The van der Waals surface area contributed by atoms with E-state index >= 15 is 0 Å². The van der Waals surface area contributed by atoms with E-state index in [1.807, 2.05) is 11.8 Å². The Balaban J connectivity index is 2.56. The van der Waals surface area contributed by atoms with Gasteiger partial charge in [-0.3, -0.25) is 9.69 Å². The molecule has 5 nitrogen and oxygen atoms in total. The number of carbonyl (C=O) groups excluding carboxylic acids is 1. The molecule has 0 spiro atoms. The summed E-state index contributed by atoms with van der Waals surface area (Å²) in [6.45, 7) is 4.74. The van der Waals surface area contributed by atoms with E-state index in [1.165, 1.54) is 7.11 Å². The predicted molar refractivity (Wildman–Crippen MR) is 60.9 cm³/mol. The van der Waals surface area contributed by atoms with Crippen molar-refractivity contribution in [3.63, 3.8) is 0 Å². The lowest BCUT2D eigenvalue weighted by Crippen LogP contribution is -2.48. The number of hydrogen-bond donors (Lipinski definition) is 0. The van der Waals surface area contributed by atoms with Crippen LogP contribution in [0.5, 0.6) is 0 Å². The van der Waals surface area contributed by atoms with Crippen molar-refractivity contribution < 1.29 is 17.9 Å². The zero-order valence-electron chi connectivity index (χ0n) is 9.97. The lowest BCUT2D eigenvalue weighted by Gasteiger charge is -2.34. The highest BCUT2D eigenvalue weighted by Crippen LogP contribution is 2.15. The molecule has 0 aromatic rings. The predicted octanol–water partition coefficient (Wildman–Crippen LogP) is -0.0856. The summed E-state index contributed by atoms with van der Waals surface area (Å²) < 4.78 is 27.2. The van der Waals surface area contributed by atoms with Crippen molar-refractivity contribution in [2.45, 2.75) is 19.9 Å². The minimum Gasteiger partial charge on any atom is -0.469 e. The van der Waals surface area contributed by atoms with Crippen LogP contribution < -0.4 is 0 Å². The number of sulfone groups is 1. The summed E-state index contributed by atoms with van der Waals surface area (Å²) in [5.74, 6) is -0.108. The fourth-order valence-corrected chi connectivity index (χ4v) is 3.06. The van der Waals surface area contributed by atoms with Gasteiger partial charge < -0.3 is 4.74 Å². The van der Waals surface area contributed by atoms with Crippen LogP contribution in [0.25, 0.3) is 0 Å². The molecule has 6 heteroatoms. The first-order valence-corrected chi connectivity index (χ1v) is 7.22. The van der Waals surface area contributed by atoms with Crippen molar-refractivity contribution in [2.75, 3.05) is 31.7 Å². The maximum Gasteiger partial charge on any atom is 0.309 e. The SMILES string of the molecule is COC(=O)C(C)C(C)N1CCS(=O)(=O)CC1. The van der Waals surface area contributed by atoms with E-state index in [0.29, 0.717) is 13.1 Å². The van der Waals surface area contributed by atoms with Gasteiger partial charge >= 0.3 is 5.97 Å². The Labute approximate surface area is 96.7 Å². The Kier molecular flexibility index (Phi) is 4.32. The van der Waals surface area contributed by atoms with E-state index in [9.17, 15) is 13.2 Å². The van der Waals surface area contributed by atoms with Gasteiger partial charge in [-0.25, -0.2) is 8.42 Å². The van der Waals surface area contributed by atoms with Crippen LogP contribution in [-0.4, -0.2) is 57.0 Å². The Morgan fingerprint density at radius 2 is 1.75 bits per heavy atom. The normalized spacial score (nSPS) is 24.7. The summed E-state index contributed by atoms with van der Waals surface area (Å²) in [5, 5.41) is 0. The third-order valence-electron chi connectivity index (χ3n) is 3.25. The smallest absolute Gasteiger partial charge is 0.309 e. The van der Waals surface area contributed by atoms with Crippen LogP contribution in [0.2, 0.25) is 0 Å². The summed E-state index contributed by atoms with van der Waals surface area (Å²) in [6, 6.07) is 0.0166.